The number of halogens is 3. The van der Waals surface area contributed by atoms with Crippen LogP contribution in [0.2, 0.25) is 0 Å². The highest BCUT2D eigenvalue weighted by Crippen LogP contribution is 2.66. The van der Waals surface area contributed by atoms with Crippen LogP contribution in [-0.4, -0.2) is 50.0 Å². The maximum Gasteiger partial charge on any atom is 0.410 e. The lowest BCUT2D eigenvalue weighted by Gasteiger charge is -2.33. The average molecular weight is 383 g/mol. The summed E-state index contributed by atoms with van der Waals surface area (Å²) in [6.07, 6.45) is -8.10. The molecule has 7 nitrogen and oxygen atoms in total. The lowest BCUT2D eigenvalue weighted by molar-refractivity contribution is -0.181. The molecule has 1 N–H and O–H groups in total. The van der Waals surface area contributed by atoms with Crippen LogP contribution in [0.1, 0.15) is 19.8 Å². The van der Waals surface area contributed by atoms with Crippen molar-refractivity contribution in [1.29, 1.82) is 0 Å². The summed E-state index contributed by atoms with van der Waals surface area (Å²) in [5.74, 6) is -3.49. The summed E-state index contributed by atoms with van der Waals surface area (Å²) in [4.78, 5) is 23.2. The molecule has 2 aliphatic carbocycles. The first kappa shape index (κ1) is 18.2. The van der Waals surface area contributed by atoms with Crippen molar-refractivity contribution in [2.75, 3.05) is 6.54 Å². The van der Waals surface area contributed by atoms with Crippen LogP contribution in [0, 0.1) is 11.8 Å². The smallest absolute Gasteiger partial charge is 0.410 e. The van der Waals surface area contributed by atoms with Crippen molar-refractivity contribution in [3.63, 3.8) is 0 Å². The topological polar surface area (TPSA) is 98.8 Å². The molecule has 0 aromatic heterocycles. The predicted octanol–water partition coefficient (Wildman–Crippen LogP) is 0.660. The number of hydrogen-bond acceptors (Lipinski definition) is 6. The van der Waals surface area contributed by atoms with E-state index >= 15 is 0 Å². The molecule has 1 amide bonds. The van der Waals surface area contributed by atoms with E-state index in [1.54, 1.807) is 0 Å². The molecule has 0 radical (unpaired) electrons. The Morgan fingerprint density at radius 2 is 2.04 bits per heavy atom. The summed E-state index contributed by atoms with van der Waals surface area (Å²) in [5.41, 5.74) is 0.174. The molecule has 25 heavy (non-hydrogen) atoms. The van der Waals surface area contributed by atoms with Gasteiger partial charge in [0.2, 0.25) is 5.91 Å². The van der Waals surface area contributed by atoms with Gasteiger partial charge in [-0.05, 0) is 19.8 Å². The van der Waals surface area contributed by atoms with Crippen LogP contribution in [0.3, 0.4) is 0 Å². The summed E-state index contributed by atoms with van der Waals surface area (Å²) in [6.45, 7) is 4.33. The molecule has 0 aromatic rings. The Hall–Kier alpha value is -1.62. The maximum absolute atomic E-state index is 13.4. The third-order valence-corrected chi connectivity index (χ3v) is 7.19. The predicted molar refractivity (Wildman–Crippen MR) is 76.5 cm³/mol. The van der Waals surface area contributed by atoms with Gasteiger partial charge in [0.05, 0.1) is 0 Å². The molecule has 2 saturated carbocycles. The van der Waals surface area contributed by atoms with Crippen LogP contribution in [0.5, 0.6) is 0 Å². The van der Waals surface area contributed by atoms with Gasteiger partial charge in [0, 0.05) is 17.4 Å². The number of ether oxygens (including phenoxy) is 1. The molecule has 1 saturated heterocycles. The van der Waals surface area contributed by atoms with Crippen molar-refractivity contribution < 1.29 is 40.1 Å². The van der Waals surface area contributed by atoms with E-state index in [4.69, 9.17) is 8.92 Å². The number of alkyl halides is 3. The SMILES string of the molecule is C=C(C)C(=O)NCC(=O)OC1C2CC3C1OS(=O)(=O)C3(C(F)(F)F)C2. The van der Waals surface area contributed by atoms with Crippen LogP contribution in [0.25, 0.3) is 0 Å². The Labute approximate surface area is 141 Å². The van der Waals surface area contributed by atoms with E-state index in [9.17, 15) is 31.2 Å². The fraction of sp³-hybridized carbons (Fsp3) is 0.714. The maximum atomic E-state index is 13.4. The Morgan fingerprint density at radius 3 is 2.60 bits per heavy atom. The fourth-order valence-corrected chi connectivity index (χ4v) is 6.07. The minimum atomic E-state index is -4.95. The van der Waals surface area contributed by atoms with Gasteiger partial charge >= 0.3 is 12.1 Å². The molecule has 1 aliphatic heterocycles. The molecule has 1 heterocycles. The van der Waals surface area contributed by atoms with E-state index in [1.165, 1.54) is 6.92 Å². The number of nitrogens with one attached hydrogen (secondary N) is 1. The van der Waals surface area contributed by atoms with Gasteiger partial charge in [0.15, 0.2) is 4.75 Å². The minimum absolute atomic E-state index is 0.0422. The first-order valence-electron chi connectivity index (χ1n) is 7.53. The molecular weight excluding hydrogens is 367 g/mol. The second-order valence-corrected chi connectivity index (χ2v) is 8.46. The van der Waals surface area contributed by atoms with Crippen LogP contribution in [-0.2, 0) is 28.6 Å². The Bertz CT molecular complexity index is 748. The highest BCUT2D eigenvalue weighted by molar-refractivity contribution is 7.88. The summed E-state index contributed by atoms with van der Waals surface area (Å²) in [7, 11) is -4.85. The first-order chi connectivity index (χ1) is 11.4. The molecular formula is C14H16F3NO6S. The van der Waals surface area contributed by atoms with Crippen molar-refractivity contribution in [1.82, 2.24) is 5.32 Å². The second-order valence-electron chi connectivity index (χ2n) is 6.63. The summed E-state index contributed by atoms with van der Waals surface area (Å²) in [5, 5.41) is 2.24. The highest BCUT2D eigenvalue weighted by atomic mass is 32.2. The van der Waals surface area contributed by atoms with E-state index in [0.29, 0.717) is 0 Å². The van der Waals surface area contributed by atoms with E-state index in [0.717, 1.165) is 0 Å². The summed E-state index contributed by atoms with van der Waals surface area (Å²) in [6, 6.07) is 0. The zero-order valence-corrected chi connectivity index (χ0v) is 13.9. The standard InChI is InChI=1S/C14H16F3NO6S/c1-6(2)12(20)18-5-9(19)23-10-7-3-8-11(10)24-25(21,22)13(8,4-7)14(15,16)17/h7-8,10-11H,1,3-5H2,2H3,(H,18,20). The Kier molecular flexibility index (Phi) is 3.95. The van der Waals surface area contributed by atoms with Crippen molar-refractivity contribution in [3.05, 3.63) is 12.2 Å². The number of rotatable bonds is 4. The Morgan fingerprint density at radius 1 is 1.40 bits per heavy atom. The number of amides is 1. The monoisotopic (exact) mass is 383 g/mol. The molecule has 140 valence electrons. The molecule has 11 heteroatoms. The molecule has 0 aromatic carbocycles. The van der Waals surface area contributed by atoms with Crippen LogP contribution < -0.4 is 5.32 Å². The van der Waals surface area contributed by atoms with Crippen molar-refractivity contribution >= 4 is 22.0 Å². The van der Waals surface area contributed by atoms with Gasteiger partial charge in [-0.1, -0.05) is 6.58 Å². The number of hydrogen-bond donors (Lipinski definition) is 1. The minimum Gasteiger partial charge on any atom is -0.458 e. The molecule has 3 rings (SSSR count). The largest absolute Gasteiger partial charge is 0.458 e. The van der Waals surface area contributed by atoms with E-state index in [2.05, 4.69) is 11.9 Å². The molecule has 5 atom stereocenters. The summed E-state index contributed by atoms with van der Waals surface area (Å²) < 4.78 is 71.3. The van der Waals surface area contributed by atoms with Gasteiger partial charge in [-0.25, -0.2) is 0 Å². The van der Waals surface area contributed by atoms with Gasteiger partial charge in [-0.3, -0.25) is 13.8 Å². The fourth-order valence-electron chi connectivity index (χ4n) is 4.06. The van der Waals surface area contributed by atoms with Crippen molar-refractivity contribution in [2.24, 2.45) is 11.8 Å². The van der Waals surface area contributed by atoms with Gasteiger partial charge in [0.25, 0.3) is 10.1 Å². The zero-order valence-electron chi connectivity index (χ0n) is 13.1. The van der Waals surface area contributed by atoms with E-state index in [-0.39, 0.29) is 12.0 Å². The Balaban J connectivity index is 1.72. The van der Waals surface area contributed by atoms with E-state index in [1.807, 2.05) is 0 Å². The third-order valence-electron chi connectivity index (χ3n) is 5.12. The third kappa shape index (κ3) is 2.47. The molecule has 5 unspecified atom stereocenters. The van der Waals surface area contributed by atoms with Gasteiger partial charge in [0.1, 0.15) is 18.8 Å². The summed E-state index contributed by atoms with van der Waals surface area (Å²) >= 11 is 0. The molecule has 3 aliphatic rings. The zero-order chi connectivity index (χ0) is 18.8. The van der Waals surface area contributed by atoms with Gasteiger partial charge < -0.3 is 10.1 Å². The number of carbonyl (C=O) groups excluding carboxylic acids is 2. The number of fused-ring (bicyclic) bond motifs is 1. The van der Waals surface area contributed by atoms with Crippen LogP contribution >= 0.6 is 0 Å². The normalized spacial score (nSPS) is 37.8. The second kappa shape index (κ2) is 5.44. The molecule has 3 fully saturated rings. The highest BCUT2D eigenvalue weighted by Gasteiger charge is 2.82. The number of carbonyl (C=O) groups is 2. The first-order valence-corrected chi connectivity index (χ1v) is 8.94. The van der Waals surface area contributed by atoms with Gasteiger partial charge in [-0.15, -0.1) is 0 Å². The molecule has 0 spiro atoms. The van der Waals surface area contributed by atoms with Crippen LogP contribution in [0.15, 0.2) is 12.2 Å². The van der Waals surface area contributed by atoms with Crippen molar-refractivity contribution in [3.8, 4) is 0 Å². The van der Waals surface area contributed by atoms with E-state index < -0.39 is 69.9 Å². The number of esters is 1. The lowest BCUT2D eigenvalue weighted by atomic mass is 9.83. The van der Waals surface area contributed by atoms with Crippen LogP contribution in [0.4, 0.5) is 13.2 Å². The quantitative estimate of drug-likeness (QED) is 0.435. The van der Waals surface area contributed by atoms with Gasteiger partial charge in [-0.2, -0.15) is 21.6 Å². The molecule has 2 bridgehead atoms. The lowest BCUT2D eigenvalue weighted by Crippen LogP contribution is -2.54. The average Bonchev–Trinajstić information content (AvgIpc) is 3.05. The van der Waals surface area contributed by atoms with Crippen molar-refractivity contribution in [2.45, 2.75) is 42.9 Å².